The quantitative estimate of drug-likeness (QED) is 0.845. The van der Waals surface area contributed by atoms with E-state index < -0.39 is 11.7 Å². The van der Waals surface area contributed by atoms with Crippen molar-refractivity contribution in [3.05, 3.63) is 47.6 Å². The molecule has 2 rings (SSSR count). The van der Waals surface area contributed by atoms with Gasteiger partial charge in [-0.15, -0.1) is 0 Å². The van der Waals surface area contributed by atoms with Crippen LogP contribution < -0.4 is 5.32 Å². The van der Waals surface area contributed by atoms with E-state index in [1.807, 2.05) is 0 Å². The van der Waals surface area contributed by atoms with Crippen molar-refractivity contribution in [3.63, 3.8) is 0 Å². The second-order valence-corrected chi connectivity index (χ2v) is 3.23. The number of amides is 1. The maximum Gasteiger partial charge on any atom is 0.260 e. The van der Waals surface area contributed by atoms with Gasteiger partial charge in [0, 0.05) is 0 Å². The molecule has 0 atom stereocenters. The standard InChI is InChI=1S/C11H9FN2O2/c1-7-8(6-13-16-7)11(15)14-10-5-3-2-4-9(10)12/h2-6H,1H3,(H,14,15). The average molecular weight is 220 g/mol. The molecule has 16 heavy (non-hydrogen) atoms. The molecule has 0 fully saturated rings. The predicted molar refractivity (Wildman–Crippen MR) is 55.6 cm³/mol. The first-order chi connectivity index (χ1) is 7.68. The van der Waals surface area contributed by atoms with E-state index in [0.717, 1.165) is 0 Å². The van der Waals surface area contributed by atoms with Crippen molar-refractivity contribution in [1.29, 1.82) is 0 Å². The summed E-state index contributed by atoms with van der Waals surface area (Å²) in [5.41, 5.74) is 0.427. The first kappa shape index (κ1) is 10.4. The second kappa shape index (κ2) is 4.14. The molecule has 0 aliphatic carbocycles. The van der Waals surface area contributed by atoms with Crippen LogP contribution in [-0.2, 0) is 0 Å². The smallest absolute Gasteiger partial charge is 0.260 e. The first-order valence-electron chi connectivity index (χ1n) is 4.65. The minimum Gasteiger partial charge on any atom is -0.361 e. The Morgan fingerprint density at radius 2 is 2.19 bits per heavy atom. The monoisotopic (exact) mass is 220 g/mol. The SMILES string of the molecule is Cc1oncc1C(=O)Nc1ccccc1F. The Hall–Kier alpha value is -2.17. The molecule has 1 aromatic heterocycles. The van der Waals surface area contributed by atoms with Crippen LogP contribution in [0.15, 0.2) is 35.0 Å². The molecular formula is C11H9FN2O2. The second-order valence-electron chi connectivity index (χ2n) is 3.23. The lowest BCUT2D eigenvalue weighted by molar-refractivity contribution is 0.102. The van der Waals surface area contributed by atoms with Gasteiger partial charge >= 0.3 is 0 Å². The summed E-state index contributed by atoms with van der Waals surface area (Å²) in [6, 6.07) is 5.95. The number of halogens is 1. The van der Waals surface area contributed by atoms with E-state index in [-0.39, 0.29) is 5.69 Å². The largest absolute Gasteiger partial charge is 0.361 e. The van der Waals surface area contributed by atoms with Crippen LogP contribution in [0, 0.1) is 12.7 Å². The minimum atomic E-state index is -0.482. The third-order valence-electron chi connectivity index (χ3n) is 2.12. The summed E-state index contributed by atoms with van der Waals surface area (Å²) in [6.07, 6.45) is 1.30. The van der Waals surface area contributed by atoms with Crippen LogP contribution in [0.5, 0.6) is 0 Å². The van der Waals surface area contributed by atoms with Crippen molar-refractivity contribution in [2.45, 2.75) is 6.92 Å². The first-order valence-corrected chi connectivity index (χ1v) is 4.65. The van der Waals surface area contributed by atoms with Gasteiger partial charge in [0.1, 0.15) is 17.1 Å². The number of carbonyl (C=O) groups excluding carboxylic acids is 1. The van der Waals surface area contributed by atoms with E-state index in [1.165, 1.54) is 18.3 Å². The highest BCUT2D eigenvalue weighted by Crippen LogP contribution is 2.15. The van der Waals surface area contributed by atoms with Crippen molar-refractivity contribution >= 4 is 11.6 Å². The van der Waals surface area contributed by atoms with E-state index >= 15 is 0 Å². The predicted octanol–water partition coefficient (Wildman–Crippen LogP) is 2.37. The number of para-hydroxylation sites is 1. The molecule has 0 aliphatic rings. The van der Waals surface area contributed by atoms with E-state index in [2.05, 4.69) is 10.5 Å². The normalized spacial score (nSPS) is 10.1. The molecule has 1 amide bonds. The van der Waals surface area contributed by atoms with Gasteiger partial charge in [0.2, 0.25) is 0 Å². The summed E-state index contributed by atoms with van der Waals surface area (Å²) in [5.74, 6) is -0.525. The lowest BCUT2D eigenvalue weighted by Crippen LogP contribution is -2.13. The molecule has 0 unspecified atom stereocenters. The van der Waals surface area contributed by atoms with Crippen molar-refractivity contribution in [1.82, 2.24) is 5.16 Å². The Labute approximate surface area is 91.1 Å². The minimum absolute atomic E-state index is 0.133. The zero-order valence-corrected chi connectivity index (χ0v) is 8.53. The number of hydrogen-bond acceptors (Lipinski definition) is 3. The van der Waals surface area contributed by atoms with Crippen LogP contribution in [0.4, 0.5) is 10.1 Å². The van der Waals surface area contributed by atoms with Crippen LogP contribution in [0.1, 0.15) is 16.1 Å². The molecule has 0 aliphatic heterocycles. The lowest BCUT2D eigenvalue weighted by atomic mass is 10.2. The van der Waals surface area contributed by atoms with Gasteiger partial charge in [-0.05, 0) is 19.1 Å². The Morgan fingerprint density at radius 1 is 1.44 bits per heavy atom. The summed E-state index contributed by atoms with van der Waals surface area (Å²) in [5, 5.41) is 5.92. The van der Waals surface area contributed by atoms with E-state index in [0.29, 0.717) is 11.3 Å². The number of nitrogens with one attached hydrogen (secondary N) is 1. The Balaban J connectivity index is 2.21. The number of benzene rings is 1. The summed E-state index contributed by atoms with van der Waals surface area (Å²) < 4.78 is 18.0. The zero-order valence-electron chi connectivity index (χ0n) is 8.53. The number of carbonyl (C=O) groups is 1. The molecule has 1 heterocycles. The fourth-order valence-corrected chi connectivity index (χ4v) is 1.27. The van der Waals surface area contributed by atoms with Gasteiger partial charge in [-0.3, -0.25) is 4.79 Å². The van der Waals surface area contributed by atoms with Crippen LogP contribution in [0.3, 0.4) is 0 Å². The van der Waals surface area contributed by atoms with Crippen molar-refractivity contribution in [2.75, 3.05) is 5.32 Å². The number of rotatable bonds is 2. The molecule has 5 heteroatoms. The van der Waals surface area contributed by atoms with Crippen molar-refractivity contribution in [2.24, 2.45) is 0 Å². The van der Waals surface area contributed by atoms with E-state index in [9.17, 15) is 9.18 Å². The van der Waals surface area contributed by atoms with Gasteiger partial charge in [0.15, 0.2) is 0 Å². The van der Waals surface area contributed by atoms with Gasteiger partial charge in [0.05, 0.1) is 11.9 Å². The molecule has 0 saturated carbocycles. The average Bonchev–Trinajstić information content (AvgIpc) is 2.68. The van der Waals surface area contributed by atoms with Crippen molar-refractivity contribution < 1.29 is 13.7 Å². The highest BCUT2D eigenvalue weighted by Gasteiger charge is 2.14. The van der Waals surface area contributed by atoms with Gasteiger partial charge in [-0.25, -0.2) is 4.39 Å². The van der Waals surface area contributed by atoms with E-state index in [4.69, 9.17) is 4.52 Å². The third-order valence-corrected chi connectivity index (χ3v) is 2.12. The number of anilines is 1. The van der Waals surface area contributed by atoms with Crippen molar-refractivity contribution in [3.8, 4) is 0 Å². The maximum atomic E-state index is 13.2. The van der Waals surface area contributed by atoms with Gasteiger partial charge < -0.3 is 9.84 Å². The fourth-order valence-electron chi connectivity index (χ4n) is 1.27. The number of hydrogen-bond donors (Lipinski definition) is 1. The number of nitrogens with zero attached hydrogens (tertiary/aromatic N) is 1. The third kappa shape index (κ3) is 1.93. The highest BCUT2D eigenvalue weighted by atomic mass is 19.1. The number of aryl methyl sites for hydroxylation is 1. The molecule has 0 radical (unpaired) electrons. The molecule has 82 valence electrons. The molecule has 1 N–H and O–H groups in total. The van der Waals surface area contributed by atoms with Gasteiger partial charge in [-0.2, -0.15) is 0 Å². The van der Waals surface area contributed by atoms with Crippen LogP contribution in [0.25, 0.3) is 0 Å². The summed E-state index contributed by atoms with van der Waals surface area (Å²) in [6.45, 7) is 1.61. The summed E-state index contributed by atoms with van der Waals surface area (Å²) in [7, 11) is 0. The molecule has 0 saturated heterocycles. The highest BCUT2D eigenvalue weighted by molar-refractivity contribution is 6.04. The Morgan fingerprint density at radius 3 is 2.81 bits per heavy atom. The zero-order chi connectivity index (χ0) is 11.5. The maximum absolute atomic E-state index is 13.2. The van der Waals surface area contributed by atoms with E-state index in [1.54, 1.807) is 19.1 Å². The summed E-state index contributed by atoms with van der Waals surface area (Å²) in [4.78, 5) is 11.7. The van der Waals surface area contributed by atoms with Crippen LogP contribution in [-0.4, -0.2) is 11.1 Å². The van der Waals surface area contributed by atoms with Crippen LogP contribution in [0.2, 0.25) is 0 Å². The Kier molecular flexibility index (Phi) is 2.68. The fraction of sp³-hybridized carbons (Fsp3) is 0.0909. The van der Waals surface area contributed by atoms with Gasteiger partial charge in [0.25, 0.3) is 5.91 Å². The summed E-state index contributed by atoms with van der Waals surface area (Å²) >= 11 is 0. The lowest BCUT2D eigenvalue weighted by Gasteiger charge is -2.04. The molecule has 0 bridgehead atoms. The molecular weight excluding hydrogens is 211 g/mol. The molecule has 1 aromatic carbocycles. The molecule has 4 nitrogen and oxygen atoms in total. The molecule has 0 spiro atoms. The number of aromatic nitrogens is 1. The molecule has 2 aromatic rings. The Bertz CT molecular complexity index is 522. The van der Waals surface area contributed by atoms with Gasteiger partial charge in [-0.1, -0.05) is 17.3 Å². The topological polar surface area (TPSA) is 55.1 Å². The van der Waals surface area contributed by atoms with Crippen LogP contribution >= 0.6 is 0 Å².